The molecule has 4 nitrogen and oxygen atoms in total. The molecule has 1 aromatic carbocycles. The van der Waals surface area contributed by atoms with Crippen molar-refractivity contribution in [1.29, 1.82) is 0 Å². The van der Waals surface area contributed by atoms with Gasteiger partial charge in [0.05, 0.1) is 5.69 Å². The minimum absolute atomic E-state index is 0.0601. The van der Waals surface area contributed by atoms with Crippen molar-refractivity contribution in [2.24, 2.45) is 16.8 Å². The number of fused-ring (bicyclic) bond motifs is 1. The van der Waals surface area contributed by atoms with Crippen molar-refractivity contribution in [1.82, 2.24) is 0 Å². The Morgan fingerprint density at radius 2 is 2.00 bits per heavy atom. The average molecular weight is 301 g/mol. The number of carboxylic acid groups (broad SMARTS) is 1. The van der Waals surface area contributed by atoms with Gasteiger partial charge in [-0.05, 0) is 30.9 Å². The molecular weight excluding hydrogens is 278 g/mol. The molecule has 4 heteroatoms. The molecule has 22 heavy (non-hydrogen) atoms. The summed E-state index contributed by atoms with van der Waals surface area (Å²) in [5, 5.41) is 9.52. The van der Waals surface area contributed by atoms with Gasteiger partial charge in [0.15, 0.2) is 11.7 Å². The van der Waals surface area contributed by atoms with Crippen molar-refractivity contribution in [3.63, 3.8) is 0 Å². The van der Waals surface area contributed by atoms with Gasteiger partial charge < -0.3 is 5.11 Å². The van der Waals surface area contributed by atoms with Crippen molar-refractivity contribution < 1.29 is 14.7 Å². The Balaban J connectivity index is 2.38. The third kappa shape index (κ3) is 3.26. The molecule has 0 saturated carbocycles. The number of hydrogen-bond acceptors (Lipinski definition) is 3. The third-order valence-electron chi connectivity index (χ3n) is 4.29. The number of unbranched alkanes of at least 4 members (excludes halogenated alkanes) is 2. The zero-order chi connectivity index (χ0) is 16.1. The summed E-state index contributed by atoms with van der Waals surface area (Å²) in [5.74, 6) is -2.49. The minimum Gasteiger partial charge on any atom is -0.480 e. The molecule has 2 rings (SSSR count). The Bertz CT molecular complexity index is 592. The molecule has 118 valence electrons. The van der Waals surface area contributed by atoms with Crippen LogP contribution in [0.3, 0.4) is 0 Å². The van der Waals surface area contributed by atoms with Crippen LogP contribution in [0.25, 0.3) is 0 Å². The topological polar surface area (TPSA) is 66.7 Å². The summed E-state index contributed by atoms with van der Waals surface area (Å²) in [6.45, 7) is 4.17. The number of Topliss-reactive ketones (excluding diaryl/α,β-unsaturated/α-hetero) is 1. The first-order valence-electron chi connectivity index (χ1n) is 8.04. The number of rotatable bonds is 7. The quantitative estimate of drug-likeness (QED) is 0.604. The van der Waals surface area contributed by atoms with Crippen LogP contribution in [-0.4, -0.2) is 22.6 Å². The number of ketones is 1. The van der Waals surface area contributed by atoms with Crippen LogP contribution in [0, 0.1) is 11.8 Å². The predicted octanol–water partition coefficient (Wildman–Crippen LogP) is 4.26. The lowest BCUT2D eigenvalue weighted by Crippen LogP contribution is -2.38. The molecule has 0 amide bonds. The molecule has 0 spiro atoms. The van der Waals surface area contributed by atoms with Crippen LogP contribution in [0.15, 0.2) is 29.3 Å². The number of aliphatic carboxylic acids is 1. The van der Waals surface area contributed by atoms with Crippen LogP contribution >= 0.6 is 0 Å². The van der Waals surface area contributed by atoms with Gasteiger partial charge in [-0.2, -0.15) is 0 Å². The first-order valence-corrected chi connectivity index (χ1v) is 8.04. The van der Waals surface area contributed by atoms with Crippen LogP contribution in [0.1, 0.15) is 56.3 Å². The number of nitrogens with zero attached hydrogens (tertiary/aromatic N) is 1. The molecule has 1 aliphatic rings. The lowest BCUT2D eigenvalue weighted by atomic mass is 9.80. The molecule has 1 aliphatic heterocycles. The summed E-state index contributed by atoms with van der Waals surface area (Å²) in [7, 11) is 0. The van der Waals surface area contributed by atoms with Crippen molar-refractivity contribution in [2.75, 3.05) is 0 Å². The number of aliphatic imine (C=N–C) groups is 1. The molecule has 2 unspecified atom stereocenters. The Labute approximate surface area is 131 Å². The zero-order valence-electron chi connectivity index (χ0n) is 13.2. The summed E-state index contributed by atoms with van der Waals surface area (Å²) in [6, 6.07) is 7.01. The highest BCUT2D eigenvalue weighted by Gasteiger charge is 2.39. The van der Waals surface area contributed by atoms with Gasteiger partial charge in [0, 0.05) is 11.3 Å². The molecule has 1 aromatic rings. The van der Waals surface area contributed by atoms with Gasteiger partial charge in [0.2, 0.25) is 0 Å². The number of carboxylic acids is 1. The Morgan fingerprint density at radius 3 is 2.64 bits per heavy atom. The highest BCUT2D eigenvalue weighted by atomic mass is 16.4. The second-order valence-electron chi connectivity index (χ2n) is 5.79. The maximum Gasteiger partial charge on any atom is 0.320 e. The molecule has 2 atom stereocenters. The summed E-state index contributed by atoms with van der Waals surface area (Å²) in [4.78, 5) is 28.8. The van der Waals surface area contributed by atoms with Crippen LogP contribution in [0.2, 0.25) is 0 Å². The van der Waals surface area contributed by atoms with E-state index in [0.29, 0.717) is 17.0 Å². The highest BCUT2D eigenvalue weighted by molar-refractivity contribution is 6.27. The largest absolute Gasteiger partial charge is 0.480 e. The number of hydrogen-bond donors (Lipinski definition) is 1. The van der Waals surface area contributed by atoms with Gasteiger partial charge >= 0.3 is 5.97 Å². The maximum absolute atomic E-state index is 12.6. The number of carbonyl (C=O) groups is 2. The number of carbonyl (C=O) groups excluding carboxylic acids is 1. The zero-order valence-corrected chi connectivity index (χ0v) is 13.2. The van der Waals surface area contributed by atoms with E-state index in [1.165, 1.54) is 0 Å². The van der Waals surface area contributed by atoms with Crippen LogP contribution < -0.4 is 0 Å². The van der Waals surface area contributed by atoms with Crippen molar-refractivity contribution in [3.05, 3.63) is 29.8 Å². The average Bonchev–Trinajstić information content (AvgIpc) is 2.51. The van der Waals surface area contributed by atoms with E-state index in [2.05, 4.69) is 11.9 Å². The van der Waals surface area contributed by atoms with E-state index in [1.54, 1.807) is 18.2 Å². The fourth-order valence-corrected chi connectivity index (χ4v) is 3.04. The van der Waals surface area contributed by atoms with E-state index in [0.717, 1.165) is 32.1 Å². The fourth-order valence-electron chi connectivity index (χ4n) is 3.04. The first-order chi connectivity index (χ1) is 10.6. The van der Waals surface area contributed by atoms with Gasteiger partial charge in [0.25, 0.3) is 0 Å². The minimum atomic E-state index is -1.12. The molecular formula is C18H23NO3. The third-order valence-corrected chi connectivity index (χ3v) is 4.29. The molecule has 0 radical (unpaired) electrons. The standard InChI is InChI=1S/C18H23NO3/c1-3-5-6-9-12(4-2)16-15(18(21)22)17(20)13-10-7-8-11-14(13)19-16/h7-8,10-12,15H,3-6,9H2,1-2H3,(H,21,22). The molecule has 0 bridgehead atoms. The second-order valence-corrected chi connectivity index (χ2v) is 5.79. The molecule has 1 heterocycles. The second kappa shape index (κ2) is 7.34. The van der Waals surface area contributed by atoms with Gasteiger partial charge in [-0.1, -0.05) is 45.2 Å². The van der Waals surface area contributed by atoms with Crippen LogP contribution in [0.4, 0.5) is 5.69 Å². The monoisotopic (exact) mass is 301 g/mol. The van der Waals surface area contributed by atoms with E-state index < -0.39 is 11.9 Å². The molecule has 0 aromatic heterocycles. The Kier molecular flexibility index (Phi) is 5.47. The summed E-state index contributed by atoms with van der Waals surface area (Å²) in [6.07, 6.45) is 4.97. The predicted molar refractivity (Wildman–Crippen MR) is 86.9 cm³/mol. The summed E-state index contributed by atoms with van der Waals surface area (Å²) >= 11 is 0. The lowest BCUT2D eigenvalue weighted by Gasteiger charge is -2.26. The van der Waals surface area contributed by atoms with Gasteiger partial charge in [-0.3, -0.25) is 14.6 Å². The smallest absolute Gasteiger partial charge is 0.320 e. The highest BCUT2D eigenvalue weighted by Crippen LogP contribution is 2.33. The lowest BCUT2D eigenvalue weighted by molar-refractivity contribution is -0.138. The van der Waals surface area contributed by atoms with Crippen LogP contribution in [0.5, 0.6) is 0 Å². The number of benzene rings is 1. The molecule has 0 fully saturated rings. The SMILES string of the molecule is CCCCCC(CC)C1=Nc2ccccc2C(=O)C1C(=O)O. The Morgan fingerprint density at radius 1 is 1.27 bits per heavy atom. The summed E-state index contributed by atoms with van der Waals surface area (Å²) in [5.41, 5.74) is 1.56. The van der Waals surface area contributed by atoms with E-state index in [4.69, 9.17) is 0 Å². The van der Waals surface area contributed by atoms with Crippen molar-refractivity contribution in [3.8, 4) is 0 Å². The molecule has 1 N–H and O–H groups in total. The molecule has 0 aliphatic carbocycles. The van der Waals surface area contributed by atoms with Gasteiger partial charge in [-0.15, -0.1) is 0 Å². The van der Waals surface area contributed by atoms with Gasteiger partial charge in [-0.25, -0.2) is 0 Å². The number of para-hydroxylation sites is 1. The van der Waals surface area contributed by atoms with E-state index in [-0.39, 0.29) is 11.7 Å². The maximum atomic E-state index is 12.6. The Hall–Kier alpha value is -1.97. The summed E-state index contributed by atoms with van der Waals surface area (Å²) < 4.78 is 0. The van der Waals surface area contributed by atoms with E-state index >= 15 is 0 Å². The fraction of sp³-hybridized carbons (Fsp3) is 0.500. The van der Waals surface area contributed by atoms with Crippen LogP contribution in [-0.2, 0) is 4.79 Å². The first kappa shape index (κ1) is 16.4. The van der Waals surface area contributed by atoms with Crippen molar-refractivity contribution >= 4 is 23.2 Å². The normalized spacial score (nSPS) is 18.5. The van der Waals surface area contributed by atoms with E-state index in [1.807, 2.05) is 13.0 Å². The van der Waals surface area contributed by atoms with E-state index in [9.17, 15) is 14.7 Å². The molecule has 0 saturated heterocycles. The van der Waals surface area contributed by atoms with Crippen molar-refractivity contribution in [2.45, 2.75) is 46.0 Å². The van der Waals surface area contributed by atoms with Gasteiger partial charge in [0.1, 0.15) is 0 Å².